The van der Waals surface area contributed by atoms with Crippen molar-refractivity contribution < 1.29 is 0 Å². The molecule has 0 aromatic rings. The van der Waals surface area contributed by atoms with Gasteiger partial charge in [-0.3, -0.25) is 4.90 Å². The Balaban J connectivity index is 1.92. The molecule has 2 atom stereocenters. The molecule has 2 unspecified atom stereocenters. The van der Waals surface area contributed by atoms with Crippen molar-refractivity contribution in [2.24, 2.45) is 0 Å². The van der Waals surface area contributed by atoms with Crippen molar-refractivity contribution in [3.8, 4) is 0 Å². The van der Waals surface area contributed by atoms with Gasteiger partial charge in [0.25, 0.3) is 0 Å². The van der Waals surface area contributed by atoms with Gasteiger partial charge in [-0.25, -0.2) is 0 Å². The van der Waals surface area contributed by atoms with Crippen molar-refractivity contribution in [2.45, 2.75) is 32.1 Å². The Morgan fingerprint density at radius 1 is 1.47 bits per heavy atom. The van der Waals surface area contributed by atoms with Crippen molar-refractivity contribution in [1.82, 2.24) is 10.2 Å². The van der Waals surface area contributed by atoms with Gasteiger partial charge in [0.15, 0.2) is 0 Å². The van der Waals surface area contributed by atoms with E-state index in [9.17, 15) is 0 Å². The fraction of sp³-hybridized carbons (Fsp3) is 0.833. The molecule has 2 rings (SSSR count). The van der Waals surface area contributed by atoms with Gasteiger partial charge in [-0.05, 0) is 19.4 Å². The van der Waals surface area contributed by atoms with E-state index >= 15 is 0 Å². The van der Waals surface area contributed by atoms with E-state index in [0.717, 1.165) is 24.4 Å². The van der Waals surface area contributed by atoms with Crippen LogP contribution in [0.5, 0.6) is 0 Å². The first-order valence-electron chi connectivity index (χ1n) is 5.92. The molecule has 2 nitrogen and oxygen atoms in total. The highest BCUT2D eigenvalue weighted by atomic mass is 32.2. The van der Waals surface area contributed by atoms with Gasteiger partial charge in [0.1, 0.15) is 0 Å². The van der Waals surface area contributed by atoms with Crippen LogP contribution in [0.25, 0.3) is 0 Å². The monoisotopic (exact) mass is 226 g/mol. The van der Waals surface area contributed by atoms with Gasteiger partial charge < -0.3 is 5.32 Å². The van der Waals surface area contributed by atoms with E-state index in [2.05, 4.69) is 42.7 Å². The van der Waals surface area contributed by atoms with Crippen molar-refractivity contribution in [3.05, 3.63) is 11.1 Å². The van der Waals surface area contributed by atoms with Gasteiger partial charge in [0.2, 0.25) is 0 Å². The summed E-state index contributed by atoms with van der Waals surface area (Å²) in [6.07, 6.45) is 0. The lowest BCUT2D eigenvalue weighted by molar-refractivity contribution is 0.230. The lowest BCUT2D eigenvalue weighted by Gasteiger charge is -2.38. The molecule has 2 fully saturated rings. The Bertz CT molecular complexity index is 256. The molecule has 2 aliphatic rings. The highest BCUT2D eigenvalue weighted by molar-refractivity contribution is 8.00. The molecular weight excluding hydrogens is 204 g/mol. The highest BCUT2D eigenvalue weighted by Gasteiger charge is 2.25. The van der Waals surface area contributed by atoms with E-state index < -0.39 is 0 Å². The lowest BCUT2D eigenvalue weighted by atomic mass is 10.0. The minimum absolute atomic E-state index is 0.729. The molecule has 0 radical (unpaired) electrons. The van der Waals surface area contributed by atoms with Crippen LogP contribution in [0, 0.1) is 0 Å². The maximum atomic E-state index is 3.32. The molecule has 0 aromatic heterocycles. The molecule has 0 aromatic carbocycles. The lowest BCUT2D eigenvalue weighted by Crippen LogP contribution is -2.46. The molecule has 1 N–H and O–H groups in total. The third kappa shape index (κ3) is 2.58. The topological polar surface area (TPSA) is 15.3 Å². The SMILES string of the molecule is CC(CN1CCSC(C)C1C)=C1CNC1. The Labute approximate surface area is 97.5 Å². The molecule has 0 saturated carbocycles. The first-order valence-corrected chi connectivity index (χ1v) is 6.97. The van der Waals surface area contributed by atoms with Crippen LogP contribution in [-0.4, -0.2) is 48.1 Å². The van der Waals surface area contributed by atoms with E-state index in [0.29, 0.717) is 0 Å². The van der Waals surface area contributed by atoms with Crippen LogP contribution in [0.4, 0.5) is 0 Å². The Morgan fingerprint density at radius 2 is 2.20 bits per heavy atom. The van der Waals surface area contributed by atoms with Crippen molar-refractivity contribution >= 4 is 11.8 Å². The van der Waals surface area contributed by atoms with E-state index in [-0.39, 0.29) is 0 Å². The second kappa shape index (κ2) is 4.89. The van der Waals surface area contributed by atoms with Crippen molar-refractivity contribution in [2.75, 3.05) is 31.9 Å². The molecule has 0 amide bonds. The zero-order valence-corrected chi connectivity index (χ0v) is 10.9. The molecule has 0 spiro atoms. The smallest absolute Gasteiger partial charge is 0.0197 e. The summed E-state index contributed by atoms with van der Waals surface area (Å²) in [5, 5.41) is 4.11. The third-order valence-corrected chi connectivity index (χ3v) is 5.07. The van der Waals surface area contributed by atoms with Crippen molar-refractivity contribution in [3.63, 3.8) is 0 Å². The van der Waals surface area contributed by atoms with E-state index in [1.807, 2.05) is 0 Å². The van der Waals surface area contributed by atoms with E-state index in [4.69, 9.17) is 0 Å². The number of hydrogen-bond donors (Lipinski definition) is 1. The van der Waals surface area contributed by atoms with Crippen LogP contribution < -0.4 is 5.32 Å². The zero-order valence-electron chi connectivity index (χ0n) is 10.0. The molecular formula is C12H22N2S. The van der Waals surface area contributed by atoms with Crippen molar-refractivity contribution in [1.29, 1.82) is 0 Å². The second-order valence-electron chi connectivity index (χ2n) is 4.77. The molecule has 0 bridgehead atoms. The molecule has 86 valence electrons. The number of rotatable bonds is 2. The van der Waals surface area contributed by atoms with Gasteiger partial charge in [-0.1, -0.05) is 12.5 Å². The van der Waals surface area contributed by atoms with Crippen LogP contribution in [0.2, 0.25) is 0 Å². The summed E-state index contributed by atoms with van der Waals surface area (Å²) in [5.74, 6) is 1.30. The molecule has 0 aliphatic carbocycles. The van der Waals surface area contributed by atoms with Crippen LogP contribution in [0.1, 0.15) is 20.8 Å². The summed E-state index contributed by atoms with van der Waals surface area (Å²) in [7, 11) is 0. The number of nitrogens with one attached hydrogen (secondary N) is 1. The van der Waals surface area contributed by atoms with Crippen LogP contribution in [0.15, 0.2) is 11.1 Å². The Kier molecular flexibility index (Phi) is 3.75. The summed E-state index contributed by atoms with van der Waals surface area (Å²) in [5.41, 5.74) is 3.23. The predicted molar refractivity (Wildman–Crippen MR) is 68.5 cm³/mol. The Hall–Kier alpha value is 0.01000. The summed E-state index contributed by atoms with van der Waals surface area (Å²) < 4.78 is 0. The molecule has 2 heterocycles. The van der Waals surface area contributed by atoms with Crippen LogP contribution in [0.3, 0.4) is 0 Å². The average molecular weight is 226 g/mol. The predicted octanol–water partition coefficient (Wildman–Crippen LogP) is 1.73. The second-order valence-corrected chi connectivity index (χ2v) is 6.26. The minimum Gasteiger partial charge on any atom is -0.309 e. The number of thioether (sulfide) groups is 1. The number of nitrogens with zero attached hydrogens (tertiary/aromatic N) is 1. The summed E-state index contributed by atoms with van der Waals surface area (Å²) in [6.45, 7) is 11.7. The molecule has 2 aliphatic heterocycles. The summed E-state index contributed by atoms with van der Waals surface area (Å²) in [4.78, 5) is 2.64. The standard InChI is InChI=1S/C12H22N2S/c1-9(12-6-13-7-12)8-14-4-5-15-11(3)10(14)2/h10-11,13H,4-8H2,1-3H3. The molecule has 3 heteroatoms. The zero-order chi connectivity index (χ0) is 10.8. The molecule has 15 heavy (non-hydrogen) atoms. The van der Waals surface area contributed by atoms with Gasteiger partial charge >= 0.3 is 0 Å². The largest absolute Gasteiger partial charge is 0.309 e. The fourth-order valence-corrected chi connectivity index (χ4v) is 3.35. The van der Waals surface area contributed by atoms with Gasteiger partial charge in [0, 0.05) is 43.2 Å². The highest BCUT2D eigenvalue weighted by Crippen LogP contribution is 2.25. The van der Waals surface area contributed by atoms with Crippen LogP contribution in [-0.2, 0) is 0 Å². The maximum Gasteiger partial charge on any atom is 0.0197 e. The molecule has 2 saturated heterocycles. The van der Waals surface area contributed by atoms with Gasteiger partial charge in [-0.15, -0.1) is 0 Å². The minimum atomic E-state index is 0.729. The Morgan fingerprint density at radius 3 is 2.80 bits per heavy atom. The average Bonchev–Trinajstić information content (AvgIpc) is 2.10. The third-order valence-electron chi connectivity index (χ3n) is 3.74. The first-order chi connectivity index (χ1) is 7.18. The van der Waals surface area contributed by atoms with E-state index in [1.165, 1.54) is 18.8 Å². The summed E-state index contributed by atoms with van der Waals surface area (Å²) in [6, 6.07) is 0.729. The summed E-state index contributed by atoms with van der Waals surface area (Å²) >= 11 is 2.12. The quantitative estimate of drug-likeness (QED) is 0.722. The maximum absolute atomic E-state index is 3.32. The van der Waals surface area contributed by atoms with Gasteiger partial charge in [0.05, 0.1) is 0 Å². The van der Waals surface area contributed by atoms with Gasteiger partial charge in [-0.2, -0.15) is 11.8 Å². The normalized spacial score (nSPS) is 32.6. The number of hydrogen-bond acceptors (Lipinski definition) is 3. The van der Waals surface area contributed by atoms with Crippen LogP contribution >= 0.6 is 11.8 Å². The first kappa shape index (κ1) is 11.5. The van der Waals surface area contributed by atoms with E-state index in [1.54, 1.807) is 11.1 Å². The fourth-order valence-electron chi connectivity index (χ4n) is 2.19.